The average Bonchev–Trinajstić information content (AvgIpc) is 2.29. The molecule has 1 aromatic carbocycles. The van der Waals surface area contributed by atoms with Gasteiger partial charge < -0.3 is 5.73 Å². The van der Waals surface area contributed by atoms with Gasteiger partial charge in [-0.15, -0.1) is 0 Å². The Morgan fingerprint density at radius 1 is 1.29 bits per heavy atom. The van der Waals surface area contributed by atoms with E-state index in [9.17, 15) is 4.79 Å². The van der Waals surface area contributed by atoms with Crippen LogP contribution in [0.15, 0.2) is 36.5 Å². The number of rotatable bonds is 2. The molecule has 4 heteroatoms. The largest absolute Gasteiger partial charge is 0.383 e. The van der Waals surface area contributed by atoms with Crippen molar-refractivity contribution in [1.82, 2.24) is 4.98 Å². The second-order valence-electron chi connectivity index (χ2n) is 3.70. The van der Waals surface area contributed by atoms with Crippen molar-refractivity contribution < 1.29 is 4.79 Å². The molecule has 0 unspecified atom stereocenters. The van der Waals surface area contributed by atoms with Gasteiger partial charge in [0.25, 0.3) is 0 Å². The third kappa shape index (κ3) is 2.15. The molecule has 0 atom stereocenters. The second-order valence-corrected chi connectivity index (χ2v) is 4.10. The molecule has 1 aromatic heterocycles. The van der Waals surface area contributed by atoms with Crippen molar-refractivity contribution in [2.24, 2.45) is 0 Å². The van der Waals surface area contributed by atoms with E-state index in [4.69, 9.17) is 17.3 Å². The molecule has 0 fully saturated rings. The van der Waals surface area contributed by atoms with Crippen LogP contribution in [0.25, 0.3) is 0 Å². The molecular weight excluding hydrogens is 236 g/mol. The lowest BCUT2D eigenvalue weighted by molar-refractivity contribution is 0.103. The number of carbonyl (C=O) groups is 1. The third-order valence-electron chi connectivity index (χ3n) is 2.53. The van der Waals surface area contributed by atoms with Crippen molar-refractivity contribution in [2.75, 3.05) is 5.73 Å². The number of anilines is 1. The first kappa shape index (κ1) is 11.6. The molecule has 17 heavy (non-hydrogen) atoms. The Morgan fingerprint density at radius 2 is 2.00 bits per heavy atom. The highest BCUT2D eigenvalue weighted by Gasteiger charge is 2.17. The molecule has 0 aliphatic carbocycles. The number of pyridine rings is 1. The van der Waals surface area contributed by atoms with Crippen LogP contribution in [0.1, 0.15) is 21.5 Å². The number of aromatic nitrogens is 1. The number of hydrogen-bond donors (Lipinski definition) is 1. The molecule has 0 saturated heterocycles. The summed E-state index contributed by atoms with van der Waals surface area (Å²) in [5, 5.41) is 0.417. The number of nitrogens with zero attached hydrogens (tertiary/aromatic N) is 1. The van der Waals surface area contributed by atoms with E-state index >= 15 is 0 Å². The van der Waals surface area contributed by atoms with E-state index in [0.29, 0.717) is 16.1 Å². The van der Waals surface area contributed by atoms with E-state index in [1.807, 2.05) is 6.92 Å². The minimum atomic E-state index is -0.196. The van der Waals surface area contributed by atoms with Gasteiger partial charge in [0.15, 0.2) is 5.78 Å². The Morgan fingerprint density at radius 3 is 2.65 bits per heavy atom. The highest BCUT2D eigenvalue weighted by Crippen LogP contribution is 2.23. The summed E-state index contributed by atoms with van der Waals surface area (Å²) >= 11 is 5.99. The zero-order valence-electron chi connectivity index (χ0n) is 9.27. The van der Waals surface area contributed by atoms with Gasteiger partial charge >= 0.3 is 0 Å². The lowest BCUT2D eigenvalue weighted by atomic mass is 10.00. The molecule has 1 heterocycles. The molecule has 2 N–H and O–H groups in total. The zero-order chi connectivity index (χ0) is 12.4. The smallest absolute Gasteiger partial charge is 0.198 e. The maximum atomic E-state index is 12.3. The summed E-state index contributed by atoms with van der Waals surface area (Å²) in [5.41, 5.74) is 7.39. The number of nitrogens with two attached hydrogens (primary N) is 1. The molecule has 0 aliphatic heterocycles. The summed E-state index contributed by atoms with van der Waals surface area (Å²) in [6, 6.07) is 8.65. The molecule has 86 valence electrons. The van der Waals surface area contributed by atoms with Crippen molar-refractivity contribution in [3.63, 3.8) is 0 Å². The van der Waals surface area contributed by atoms with Gasteiger partial charge in [0.1, 0.15) is 5.82 Å². The maximum absolute atomic E-state index is 12.3. The van der Waals surface area contributed by atoms with Crippen LogP contribution in [-0.4, -0.2) is 10.8 Å². The Kier molecular flexibility index (Phi) is 3.11. The number of ketones is 1. The molecule has 0 spiro atoms. The van der Waals surface area contributed by atoms with E-state index in [1.165, 1.54) is 0 Å². The fourth-order valence-corrected chi connectivity index (χ4v) is 1.88. The van der Waals surface area contributed by atoms with Crippen LogP contribution in [0.4, 0.5) is 5.82 Å². The maximum Gasteiger partial charge on any atom is 0.198 e. The Hall–Kier alpha value is -1.87. The van der Waals surface area contributed by atoms with E-state index < -0.39 is 0 Å². The number of hydrogen-bond acceptors (Lipinski definition) is 3. The van der Waals surface area contributed by atoms with Crippen molar-refractivity contribution >= 4 is 23.2 Å². The summed E-state index contributed by atoms with van der Waals surface area (Å²) in [6.07, 6.45) is 1.58. The van der Waals surface area contributed by atoms with E-state index in [1.54, 1.807) is 36.5 Å². The SMILES string of the molecule is Cc1ccnc(N)c1C(=O)c1ccccc1Cl. The van der Waals surface area contributed by atoms with E-state index in [2.05, 4.69) is 4.98 Å². The van der Waals surface area contributed by atoms with Crippen LogP contribution in [0.5, 0.6) is 0 Å². The highest BCUT2D eigenvalue weighted by molar-refractivity contribution is 6.35. The molecule has 2 aromatic rings. The van der Waals surface area contributed by atoms with E-state index in [0.717, 1.165) is 5.56 Å². The minimum absolute atomic E-state index is 0.196. The van der Waals surface area contributed by atoms with Gasteiger partial charge in [0.05, 0.1) is 10.6 Å². The number of halogens is 1. The van der Waals surface area contributed by atoms with Crippen molar-refractivity contribution in [3.8, 4) is 0 Å². The van der Waals surface area contributed by atoms with Crippen molar-refractivity contribution in [2.45, 2.75) is 6.92 Å². The number of carbonyl (C=O) groups excluding carboxylic acids is 1. The average molecular weight is 247 g/mol. The predicted molar refractivity (Wildman–Crippen MR) is 68.3 cm³/mol. The summed E-state index contributed by atoms with van der Waals surface area (Å²) in [4.78, 5) is 16.2. The Bertz CT molecular complexity index is 561. The van der Waals surface area contributed by atoms with Gasteiger partial charge in [0, 0.05) is 11.8 Å². The van der Waals surface area contributed by atoms with Crippen molar-refractivity contribution in [1.29, 1.82) is 0 Å². The highest BCUT2D eigenvalue weighted by atomic mass is 35.5. The molecular formula is C13H11ClN2O. The molecule has 2 rings (SSSR count). The molecule has 0 amide bonds. The van der Waals surface area contributed by atoms with Gasteiger partial charge in [-0.1, -0.05) is 23.7 Å². The quantitative estimate of drug-likeness (QED) is 0.829. The number of aryl methyl sites for hydroxylation is 1. The normalized spacial score (nSPS) is 10.2. The Balaban J connectivity index is 2.56. The molecule has 0 bridgehead atoms. The van der Waals surface area contributed by atoms with Crippen LogP contribution in [0.2, 0.25) is 5.02 Å². The van der Waals surface area contributed by atoms with Crippen LogP contribution < -0.4 is 5.73 Å². The van der Waals surface area contributed by atoms with Crippen molar-refractivity contribution in [3.05, 3.63) is 58.2 Å². The molecule has 0 aliphatic rings. The topological polar surface area (TPSA) is 56.0 Å². The lowest BCUT2D eigenvalue weighted by Gasteiger charge is -2.08. The fourth-order valence-electron chi connectivity index (χ4n) is 1.65. The standard InChI is InChI=1S/C13H11ClN2O/c1-8-6-7-16-13(15)11(8)12(17)9-4-2-3-5-10(9)14/h2-7H,1H3,(H2,15,16). The summed E-state index contributed by atoms with van der Waals surface area (Å²) in [7, 11) is 0. The fraction of sp³-hybridized carbons (Fsp3) is 0.0769. The molecule has 0 radical (unpaired) electrons. The monoisotopic (exact) mass is 246 g/mol. The predicted octanol–water partition coefficient (Wildman–Crippen LogP) is 2.86. The minimum Gasteiger partial charge on any atom is -0.383 e. The molecule has 3 nitrogen and oxygen atoms in total. The van der Waals surface area contributed by atoms with Crippen LogP contribution in [-0.2, 0) is 0 Å². The van der Waals surface area contributed by atoms with Gasteiger partial charge in [-0.2, -0.15) is 0 Å². The first-order chi connectivity index (χ1) is 8.11. The Labute approximate surface area is 104 Å². The van der Waals surface area contributed by atoms with Crippen LogP contribution >= 0.6 is 11.6 Å². The van der Waals surface area contributed by atoms with Crippen LogP contribution in [0.3, 0.4) is 0 Å². The molecule has 0 saturated carbocycles. The zero-order valence-corrected chi connectivity index (χ0v) is 10.0. The first-order valence-electron chi connectivity index (χ1n) is 5.11. The summed E-state index contributed by atoms with van der Waals surface area (Å²) < 4.78 is 0. The van der Waals surface area contributed by atoms with Gasteiger partial charge in [0.2, 0.25) is 0 Å². The second kappa shape index (κ2) is 4.55. The number of benzene rings is 1. The summed E-state index contributed by atoms with van der Waals surface area (Å²) in [5.74, 6) is 0.0358. The van der Waals surface area contributed by atoms with Crippen LogP contribution in [0, 0.1) is 6.92 Å². The van der Waals surface area contributed by atoms with Gasteiger partial charge in [-0.25, -0.2) is 4.98 Å². The van der Waals surface area contributed by atoms with Gasteiger partial charge in [-0.3, -0.25) is 4.79 Å². The number of nitrogen functional groups attached to an aromatic ring is 1. The lowest BCUT2D eigenvalue weighted by Crippen LogP contribution is -2.09. The van der Waals surface area contributed by atoms with E-state index in [-0.39, 0.29) is 11.6 Å². The van der Waals surface area contributed by atoms with Gasteiger partial charge in [-0.05, 0) is 30.7 Å². The third-order valence-corrected chi connectivity index (χ3v) is 2.86. The summed E-state index contributed by atoms with van der Waals surface area (Å²) in [6.45, 7) is 1.82. The first-order valence-corrected chi connectivity index (χ1v) is 5.49.